The molecule has 1 rings (SSSR count). The van der Waals surface area contributed by atoms with E-state index in [1.165, 1.54) is 6.20 Å². The van der Waals surface area contributed by atoms with Crippen LogP contribution in [0.3, 0.4) is 0 Å². The molecule has 2 N–H and O–H groups in total. The number of nitrogens with zero attached hydrogens (tertiary/aromatic N) is 1. The standard InChI is InChI=1S/C10H19N3O3S/c1-4-5-9(7-16-3)13-17(14,15)10-6-11-12-8(10)2/h6,9,13H,4-5,7H2,1-3H3,(H,11,12). The van der Waals surface area contributed by atoms with Gasteiger partial charge in [0.2, 0.25) is 10.0 Å². The summed E-state index contributed by atoms with van der Waals surface area (Å²) in [5, 5.41) is 6.32. The zero-order valence-electron chi connectivity index (χ0n) is 10.4. The van der Waals surface area contributed by atoms with Gasteiger partial charge < -0.3 is 4.74 Å². The lowest BCUT2D eigenvalue weighted by Crippen LogP contribution is -2.38. The predicted octanol–water partition coefficient (Wildman–Crippen LogP) is 0.812. The Bertz CT molecular complexity index is 435. The highest BCUT2D eigenvalue weighted by molar-refractivity contribution is 7.89. The maximum absolute atomic E-state index is 12.0. The number of aryl methyl sites for hydroxylation is 1. The van der Waals surface area contributed by atoms with E-state index in [-0.39, 0.29) is 10.9 Å². The van der Waals surface area contributed by atoms with Crippen LogP contribution in [-0.2, 0) is 14.8 Å². The number of rotatable bonds is 7. The molecule has 0 fully saturated rings. The number of methoxy groups -OCH3 is 1. The van der Waals surface area contributed by atoms with Crippen LogP contribution in [0.25, 0.3) is 0 Å². The summed E-state index contributed by atoms with van der Waals surface area (Å²) in [5.41, 5.74) is 0.533. The van der Waals surface area contributed by atoms with Gasteiger partial charge in [-0.1, -0.05) is 13.3 Å². The molecule has 0 bridgehead atoms. The molecule has 0 aromatic carbocycles. The first-order chi connectivity index (χ1) is 8.01. The largest absolute Gasteiger partial charge is 0.383 e. The van der Waals surface area contributed by atoms with Crippen LogP contribution in [0.15, 0.2) is 11.1 Å². The predicted molar refractivity (Wildman–Crippen MR) is 64.2 cm³/mol. The Morgan fingerprint density at radius 3 is 2.76 bits per heavy atom. The number of hydrogen-bond acceptors (Lipinski definition) is 4. The fourth-order valence-electron chi connectivity index (χ4n) is 1.62. The van der Waals surface area contributed by atoms with Gasteiger partial charge in [-0.05, 0) is 13.3 Å². The summed E-state index contributed by atoms with van der Waals surface area (Å²) >= 11 is 0. The van der Waals surface area contributed by atoms with Crippen LogP contribution in [0, 0.1) is 6.92 Å². The highest BCUT2D eigenvalue weighted by atomic mass is 32.2. The third-order valence-corrected chi connectivity index (χ3v) is 4.03. The Kier molecular flexibility index (Phi) is 5.10. The average Bonchev–Trinajstić information content (AvgIpc) is 2.65. The Balaban J connectivity index is 2.81. The fraction of sp³-hybridized carbons (Fsp3) is 0.700. The van der Waals surface area contributed by atoms with Crippen LogP contribution < -0.4 is 4.72 Å². The van der Waals surface area contributed by atoms with Crippen molar-refractivity contribution in [1.82, 2.24) is 14.9 Å². The third kappa shape index (κ3) is 3.79. The van der Waals surface area contributed by atoms with E-state index in [1.807, 2.05) is 6.92 Å². The first kappa shape index (κ1) is 14.1. The molecule has 0 spiro atoms. The van der Waals surface area contributed by atoms with E-state index < -0.39 is 10.0 Å². The van der Waals surface area contributed by atoms with Crippen LogP contribution in [0.2, 0.25) is 0 Å². The molecule has 1 aromatic rings. The summed E-state index contributed by atoms with van der Waals surface area (Å²) < 4.78 is 31.7. The maximum atomic E-state index is 12.0. The molecule has 0 aliphatic heterocycles. The molecule has 1 atom stereocenters. The monoisotopic (exact) mass is 261 g/mol. The summed E-state index contributed by atoms with van der Waals surface area (Å²) in [4.78, 5) is 0.190. The van der Waals surface area contributed by atoms with Gasteiger partial charge in [-0.15, -0.1) is 0 Å². The number of ether oxygens (including phenoxy) is 1. The Morgan fingerprint density at radius 1 is 1.59 bits per heavy atom. The number of aromatic nitrogens is 2. The minimum Gasteiger partial charge on any atom is -0.383 e. The first-order valence-electron chi connectivity index (χ1n) is 5.52. The van der Waals surface area contributed by atoms with Crippen molar-refractivity contribution in [2.45, 2.75) is 37.6 Å². The van der Waals surface area contributed by atoms with E-state index in [2.05, 4.69) is 14.9 Å². The van der Waals surface area contributed by atoms with E-state index in [0.717, 1.165) is 12.8 Å². The number of sulfonamides is 1. The molecule has 98 valence electrons. The van der Waals surface area contributed by atoms with Crippen molar-refractivity contribution in [3.63, 3.8) is 0 Å². The van der Waals surface area contributed by atoms with E-state index >= 15 is 0 Å². The van der Waals surface area contributed by atoms with E-state index in [9.17, 15) is 8.42 Å². The molecule has 0 aliphatic rings. The van der Waals surface area contributed by atoms with Crippen molar-refractivity contribution in [3.05, 3.63) is 11.9 Å². The van der Waals surface area contributed by atoms with E-state index in [0.29, 0.717) is 12.3 Å². The number of H-pyrrole nitrogens is 1. The van der Waals surface area contributed by atoms with Crippen molar-refractivity contribution in [1.29, 1.82) is 0 Å². The summed E-state index contributed by atoms with van der Waals surface area (Å²) in [6.45, 7) is 4.04. The second-order valence-corrected chi connectivity index (χ2v) is 5.60. The van der Waals surface area contributed by atoms with Crippen LogP contribution in [0.4, 0.5) is 0 Å². The van der Waals surface area contributed by atoms with Gasteiger partial charge in [-0.3, -0.25) is 5.10 Å². The summed E-state index contributed by atoms with van der Waals surface area (Å²) in [7, 11) is -1.96. The smallest absolute Gasteiger partial charge is 0.244 e. The second kappa shape index (κ2) is 6.13. The van der Waals surface area contributed by atoms with Gasteiger partial charge in [0.1, 0.15) is 4.90 Å². The molecule has 0 saturated heterocycles. The molecule has 17 heavy (non-hydrogen) atoms. The van der Waals surface area contributed by atoms with Gasteiger partial charge in [-0.25, -0.2) is 13.1 Å². The van der Waals surface area contributed by atoms with Crippen molar-refractivity contribution in [3.8, 4) is 0 Å². The van der Waals surface area contributed by atoms with Crippen LogP contribution in [0.5, 0.6) is 0 Å². The molecule has 0 amide bonds. The quantitative estimate of drug-likeness (QED) is 0.761. The van der Waals surface area contributed by atoms with Gasteiger partial charge in [-0.2, -0.15) is 5.10 Å². The van der Waals surface area contributed by atoms with Gasteiger partial charge in [0, 0.05) is 13.2 Å². The Hall–Kier alpha value is -0.920. The molecule has 6 nitrogen and oxygen atoms in total. The SMILES string of the molecule is CCCC(COC)NS(=O)(=O)c1cn[nH]c1C. The zero-order chi connectivity index (χ0) is 12.9. The lowest BCUT2D eigenvalue weighted by Gasteiger charge is -2.16. The topological polar surface area (TPSA) is 84.1 Å². The third-order valence-electron chi connectivity index (χ3n) is 2.40. The van der Waals surface area contributed by atoms with Gasteiger partial charge in [0.25, 0.3) is 0 Å². The summed E-state index contributed by atoms with van der Waals surface area (Å²) in [6.07, 6.45) is 2.94. The van der Waals surface area contributed by atoms with Crippen LogP contribution in [0.1, 0.15) is 25.5 Å². The molecular weight excluding hydrogens is 242 g/mol. The summed E-state index contributed by atoms with van der Waals surface area (Å²) in [5.74, 6) is 0. The molecule has 7 heteroatoms. The van der Waals surface area contributed by atoms with Crippen molar-refractivity contribution >= 4 is 10.0 Å². The van der Waals surface area contributed by atoms with E-state index in [4.69, 9.17) is 4.74 Å². The molecular formula is C10H19N3O3S. The number of nitrogens with one attached hydrogen (secondary N) is 2. The molecule has 0 aliphatic carbocycles. The second-order valence-electron chi connectivity index (χ2n) is 3.92. The highest BCUT2D eigenvalue weighted by Gasteiger charge is 2.22. The van der Waals surface area contributed by atoms with Crippen LogP contribution in [-0.4, -0.2) is 38.4 Å². The van der Waals surface area contributed by atoms with Crippen molar-refractivity contribution in [2.75, 3.05) is 13.7 Å². The Morgan fingerprint density at radius 2 is 2.29 bits per heavy atom. The van der Waals surface area contributed by atoms with Crippen molar-refractivity contribution in [2.24, 2.45) is 0 Å². The van der Waals surface area contributed by atoms with Gasteiger partial charge in [0.15, 0.2) is 0 Å². The average molecular weight is 261 g/mol. The number of aromatic amines is 1. The van der Waals surface area contributed by atoms with E-state index in [1.54, 1.807) is 14.0 Å². The lowest BCUT2D eigenvalue weighted by atomic mass is 10.2. The Labute approximate surface area is 102 Å². The number of hydrogen-bond donors (Lipinski definition) is 2. The maximum Gasteiger partial charge on any atom is 0.244 e. The highest BCUT2D eigenvalue weighted by Crippen LogP contribution is 2.12. The zero-order valence-corrected chi connectivity index (χ0v) is 11.2. The van der Waals surface area contributed by atoms with Gasteiger partial charge >= 0.3 is 0 Å². The minimum atomic E-state index is -3.51. The lowest BCUT2D eigenvalue weighted by molar-refractivity contribution is 0.171. The van der Waals surface area contributed by atoms with Crippen LogP contribution >= 0.6 is 0 Å². The molecule has 1 unspecified atom stereocenters. The molecule has 1 aromatic heterocycles. The molecule has 0 saturated carbocycles. The normalized spacial score (nSPS) is 13.8. The van der Waals surface area contributed by atoms with Crippen molar-refractivity contribution < 1.29 is 13.2 Å². The molecule has 0 radical (unpaired) electrons. The molecule has 1 heterocycles. The minimum absolute atomic E-state index is 0.190. The summed E-state index contributed by atoms with van der Waals surface area (Å²) in [6, 6.07) is -0.204. The van der Waals surface area contributed by atoms with Gasteiger partial charge in [0.05, 0.1) is 18.5 Å². The first-order valence-corrected chi connectivity index (χ1v) is 7.00. The fourth-order valence-corrected chi connectivity index (χ4v) is 3.01.